The Labute approximate surface area is 411 Å². The van der Waals surface area contributed by atoms with E-state index in [1.807, 2.05) is 0 Å². The smallest absolute Gasteiger partial charge is 0.00268 e. The van der Waals surface area contributed by atoms with Crippen LogP contribution in [0.15, 0.2) is 279 Å². The van der Waals surface area contributed by atoms with Crippen LogP contribution in [0.1, 0.15) is 66.8 Å². The lowest BCUT2D eigenvalue weighted by Gasteiger charge is -2.18. The third-order valence-electron chi connectivity index (χ3n) is 13.2. The second kappa shape index (κ2) is 20.4. The van der Waals surface area contributed by atoms with Gasteiger partial charge in [0.05, 0.1) is 0 Å². The minimum absolute atomic E-state index is 1.14. The van der Waals surface area contributed by atoms with Crippen LogP contribution in [0.25, 0.3) is 68.1 Å². The van der Waals surface area contributed by atoms with Crippen molar-refractivity contribution in [3.05, 3.63) is 346 Å². The van der Waals surface area contributed by atoms with E-state index in [1.165, 1.54) is 99.5 Å². The summed E-state index contributed by atoms with van der Waals surface area (Å²) >= 11 is 0. The van der Waals surface area contributed by atoms with Crippen LogP contribution in [0, 0.1) is 0 Å². The molecule has 0 saturated carbocycles. The first-order chi connectivity index (χ1) is 34.8. The van der Waals surface area contributed by atoms with Crippen molar-refractivity contribution in [2.45, 2.75) is 0 Å². The van der Waals surface area contributed by atoms with Crippen LogP contribution in [-0.4, -0.2) is 0 Å². The molecule has 0 heteroatoms. The van der Waals surface area contributed by atoms with Crippen molar-refractivity contribution in [2.24, 2.45) is 0 Å². The highest BCUT2D eigenvalue weighted by molar-refractivity contribution is 6.14. The number of hydrogen-bond donors (Lipinski definition) is 0. The fourth-order valence-electron chi connectivity index (χ4n) is 9.89. The summed E-state index contributed by atoms with van der Waals surface area (Å²) in [7, 11) is 0. The monoisotopic (exact) mass is 890 g/mol. The summed E-state index contributed by atoms with van der Waals surface area (Å²) in [6.45, 7) is 0. The van der Waals surface area contributed by atoms with Crippen LogP contribution >= 0.6 is 0 Å². The van der Waals surface area contributed by atoms with Gasteiger partial charge in [-0.05, 0) is 111 Å². The Morgan fingerprint density at radius 1 is 0.171 bits per heavy atom. The average Bonchev–Trinajstić information content (AvgIpc) is 3.44. The quantitative estimate of drug-likeness (QED) is 0.0847. The Morgan fingerprint density at radius 2 is 0.357 bits per heavy atom. The SMILES string of the molecule is C(=Cc1c2ccccc2c(C=Cc2ccc(C(=C(c3ccccc3)c3ccccc3)c3ccccc3)cc2)c2ccccc12)c1ccc(C(=C(c2ccccc2)c2ccccc2)c2ccccc2)cc1. The van der Waals surface area contributed by atoms with Crippen molar-refractivity contribution in [1.82, 2.24) is 0 Å². The Hall–Kier alpha value is -9.10. The van der Waals surface area contributed by atoms with Gasteiger partial charge in [0, 0.05) is 0 Å². The predicted molar refractivity (Wildman–Crippen MR) is 301 cm³/mol. The van der Waals surface area contributed by atoms with Gasteiger partial charge >= 0.3 is 0 Å². The molecule has 0 aliphatic heterocycles. The summed E-state index contributed by atoms with van der Waals surface area (Å²) in [4.78, 5) is 0. The molecule has 0 saturated heterocycles. The molecule has 0 fully saturated rings. The van der Waals surface area contributed by atoms with E-state index in [0.29, 0.717) is 0 Å². The van der Waals surface area contributed by atoms with E-state index < -0.39 is 0 Å². The first-order valence-corrected chi connectivity index (χ1v) is 24.1. The lowest BCUT2D eigenvalue weighted by molar-refractivity contribution is 1.50. The molecule has 0 heterocycles. The van der Waals surface area contributed by atoms with Gasteiger partial charge in [0.2, 0.25) is 0 Å². The van der Waals surface area contributed by atoms with Crippen LogP contribution in [0.3, 0.4) is 0 Å². The van der Waals surface area contributed by atoms with Crippen molar-refractivity contribution < 1.29 is 0 Å². The molecule has 0 nitrogen and oxygen atoms in total. The molecule has 0 unspecified atom stereocenters. The standard InChI is InChI=1S/C70H50/c1-7-23-53(24-8-1)67(54-25-9-2-10-26-54)69(57-31-15-5-16-32-57)59-45-39-51(40-46-59)43-49-65-61-35-19-21-37-63(61)66(64-38-22-20-36-62(64)65)50-44-52-41-47-60(48-42-52)70(58-33-17-6-18-34-58)68(55-27-11-3-12-28-55)56-29-13-4-14-30-56/h1-50H. The van der Waals surface area contributed by atoms with Crippen molar-refractivity contribution in [2.75, 3.05) is 0 Å². The van der Waals surface area contributed by atoms with Crippen LogP contribution in [0.4, 0.5) is 0 Å². The molecular formula is C70H50. The Morgan fingerprint density at radius 3 is 0.571 bits per heavy atom. The summed E-state index contributed by atoms with van der Waals surface area (Å²) < 4.78 is 0. The van der Waals surface area contributed by atoms with Gasteiger partial charge in [-0.3, -0.25) is 0 Å². The zero-order valence-corrected chi connectivity index (χ0v) is 38.9. The van der Waals surface area contributed by atoms with Crippen LogP contribution in [0.2, 0.25) is 0 Å². The van der Waals surface area contributed by atoms with Crippen molar-refractivity contribution >= 4 is 68.1 Å². The first kappa shape index (κ1) is 43.5. The fraction of sp³-hybridized carbons (Fsp3) is 0. The molecule has 0 spiro atoms. The topological polar surface area (TPSA) is 0 Å². The maximum atomic E-state index is 2.30. The highest BCUT2D eigenvalue weighted by atomic mass is 14.2. The Kier molecular flexibility index (Phi) is 12.7. The van der Waals surface area contributed by atoms with E-state index in [9.17, 15) is 0 Å². The van der Waals surface area contributed by atoms with Crippen molar-refractivity contribution in [3.63, 3.8) is 0 Å². The normalized spacial score (nSPS) is 11.3. The lowest BCUT2D eigenvalue weighted by Crippen LogP contribution is -1.97. The van der Waals surface area contributed by atoms with E-state index in [-0.39, 0.29) is 0 Å². The minimum Gasteiger partial charge on any atom is -0.0622 e. The van der Waals surface area contributed by atoms with Gasteiger partial charge in [-0.1, -0.05) is 303 Å². The van der Waals surface area contributed by atoms with Crippen LogP contribution in [0.5, 0.6) is 0 Å². The summed E-state index contributed by atoms with van der Waals surface area (Å²) in [6.07, 6.45) is 9.12. The van der Waals surface area contributed by atoms with Gasteiger partial charge in [0.25, 0.3) is 0 Å². The van der Waals surface area contributed by atoms with E-state index in [1.54, 1.807) is 0 Å². The largest absolute Gasteiger partial charge is 0.0622 e. The molecule has 0 bridgehead atoms. The Balaban J connectivity index is 0.952. The maximum absolute atomic E-state index is 2.30. The molecule has 330 valence electrons. The van der Waals surface area contributed by atoms with Gasteiger partial charge in [0.15, 0.2) is 0 Å². The number of rotatable bonds is 12. The average molecular weight is 891 g/mol. The molecule has 70 heavy (non-hydrogen) atoms. The zero-order chi connectivity index (χ0) is 46.9. The molecule has 0 amide bonds. The van der Waals surface area contributed by atoms with Gasteiger partial charge < -0.3 is 0 Å². The zero-order valence-electron chi connectivity index (χ0n) is 38.9. The molecule has 0 radical (unpaired) electrons. The van der Waals surface area contributed by atoms with E-state index in [4.69, 9.17) is 0 Å². The van der Waals surface area contributed by atoms with Crippen molar-refractivity contribution in [1.29, 1.82) is 0 Å². The van der Waals surface area contributed by atoms with E-state index in [2.05, 4.69) is 303 Å². The predicted octanol–water partition coefficient (Wildman–Crippen LogP) is 18.3. The van der Waals surface area contributed by atoms with Gasteiger partial charge in [-0.2, -0.15) is 0 Å². The van der Waals surface area contributed by atoms with Gasteiger partial charge in [-0.25, -0.2) is 0 Å². The molecule has 11 aromatic rings. The number of benzene rings is 11. The molecule has 11 rings (SSSR count). The second-order valence-corrected chi connectivity index (χ2v) is 17.5. The third-order valence-corrected chi connectivity index (χ3v) is 13.2. The Bertz CT molecular complexity index is 3270. The highest BCUT2D eigenvalue weighted by Gasteiger charge is 2.18. The highest BCUT2D eigenvalue weighted by Crippen LogP contribution is 2.40. The molecular weight excluding hydrogens is 841 g/mol. The van der Waals surface area contributed by atoms with Crippen LogP contribution in [-0.2, 0) is 0 Å². The molecule has 11 aromatic carbocycles. The molecule has 0 aromatic heterocycles. The minimum atomic E-state index is 1.14. The van der Waals surface area contributed by atoms with Crippen LogP contribution < -0.4 is 0 Å². The number of hydrogen-bond acceptors (Lipinski definition) is 0. The fourth-order valence-corrected chi connectivity index (χ4v) is 9.89. The summed E-state index contributed by atoms with van der Waals surface area (Å²) in [6, 6.07) is 100. The first-order valence-electron chi connectivity index (χ1n) is 24.1. The third kappa shape index (κ3) is 9.15. The van der Waals surface area contributed by atoms with Crippen molar-refractivity contribution in [3.8, 4) is 0 Å². The molecule has 0 atom stereocenters. The summed E-state index contributed by atoms with van der Waals surface area (Å²) in [5, 5.41) is 4.89. The second-order valence-electron chi connectivity index (χ2n) is 17.5. The lowest BCUT2D eigenvalue weighted by atomic mass is 9.85. The number of fused-ring (bicyclic) bond motifs is 2. The van der Waals surface area contributed by atoms with E-state index >= 15 is 0 Å². The molecule has 0 aliphatic carbocycles. The summed E-state index contributed by atoms with van der Waals surface area (Å²) in [5.74, 6) is 0. The summed E-state index contributed by atoms with van der Waals surface area (Å²) in [5.41, 5.74) is 19.0. The maximum Gasteiger partial charge on any atom is -0.00268 e. The van der Waals surface area contributed by atoms with Gasteiger partial charge in [-0.15, -0.1) is 0 Å². The van der Waals surface area contributed by atoms with E-state index in [0.717, 1.165) is 11.1 Å². The molecule has 0 N–H and O–H groups in total. The molecule has 0 aliphatic rings. The van der Waals surface area contributed by atoms with Gasteiger partial charge in [0.1, 0.15) is 0 Å².